The molecule has 0 fully saturated rings. The zero-order chi connectivity index (χ0) is 17.6. The summed E-state index contributed by atoms with van der Waals surface area (Å²) in [6.45, 7) is 2.84. The summed E-state index contributed by atoms with van der Waals surface area (Å²) in [6, 6.07) is 14.5. The molecule has 128 valence electrons. The number of nitrogens with zero attached hydrogens (tertiary/aromatic N) is 1. The maximum absolute atomic E-state index is 12.2. The number of halogens is 1. The molecule has 25 heavy (non-hydrogen) atoms. The molecule has 0 aliphatic heterocycles. The molecule has 0 saturated heterocycles. The van der Waals surface area contributed by atoms with E-state index in [0.717, 1.165) is 16.3 Å². The molecular weight excluding hydrogens is 356 g/mol. The van der Waals surface area contributed by atoms with Gasteiger partial charge in [-0.25, -0.2) is 4.98 Å². The summed E-state index contributed by atoms with van der Waals surface area (Å²) >= 11 is 7.45. The summed E-state index contributed by atoms with van der Waals surface area (Å²) in [6.07, 6.45) is 0. The fourth-order valence-corrected chi connectivity index (χ4v) is 2.94. The van der Waals surface area contributed by atoms with Crippen LogP contribution >= 0.6 is 22.9 Å². The Morgan fingerprint density at radius 3 is 2.52 bits per heavy atom. The number of rotatable bonds is 6. The summed E-state index contributed by atoms with van der Waals surface area (Å²) in [5.74, 6) is 0.580. The van der Waals surface area contributed by atoms with E-state index in [0.29, 0.717) is 29.5 Å². The van der Waals surface area contributed by atoms with E-state index >= 15 is 0 Å². The zero-order valence-electron chi connectivity index (χ0n) is 13.7. The van der Waals surface area contributed by atoms with E-state index in [4.69, 9.17) is 16.3 Å². The van der Waals surface area contributed by atoms with Gasteiger partial charge in [0.1, 0.15) is 12.4 Å². The molecule has 3 aromatic rings. The molecular formula is C19H17ClN2O2S. The lowest BCUT2D eigenvalue weighted by Gasteiger charge is -2.07. The Hall–Kier alpha value is -2.37. The van der Waals surface area contributed by atoms with E-state index < -0.39 is 0 Å². The molecule has 2 aromatic carbocycles. The number of ether oxygens (including phenoxy) is 1. The van der Waals surface area contributed by atoms with Crippen LogP contribution in [0.1, 0.15) is 26.6 Å². The number of aryl methyl sites for hydroxylation is 1. The van der Waals surface area contributed by atoms with Crippen molar-refractivity contribution in [3.8, 4) is 5.75 Å². The second kappa shape index (κ2) is 8.14. The lowest BCUT2D eigenvalue weighted by atomic mass is 10.2. The summed E-state index contributed by atoms with van der Waals surface area (Å²) in [4.78, 5) is 16.5. The van der Waals surface area contributed by atoms with Gasteiger partial charge in [-0.2, -0.15) is 0 Å². The van der Waals surface area contributed by atoms with Crippen LogP contribution < -0.4 is 10.1 Å². The van der Waals surface area contributed by atoms with Gasteiger partial charge in [0.25, 0.3) is 5.91 Å². The standard InChI is InChI=1S/C19H17ClN2O2S/c1-13-22-17(12-25-13)11-24-18-8-4-15(5-9-18)19(23)21-10-14-2-6-16(20)7-3-14/h2-9,12H,10-11H2,1H3,(H,21,23). The lowest BCUT2D eigenvalue weighted by molar-refractivity contribution is 0.0951. The lowest BCUT2D eigenvalue weighted by Crippen LogP contribution is -2.22. The average Bonchev–Trinajstić information content (AvgIpc) is 3.05. The van der Waals surface area contributed by atoms with Crippen LogP contribution in [0.3, 0.4) is 0 Å². The Morgan fingerprint density at radius 1 is 1.16 bits per heavy atom. The normalized spacial score (nSPS) is 10.5. The molecule has 1 N–H and O–H groups in total. The van der Waals surface area contributed by atoms with Crippen molar-refractivity contribution in [2.24, 2.45) is 0 Å². The minimum absolute atomic E-state index is 0.128. The SMILES string of the molecule is Cc1nc(COc2ccc(C(=O)NCc3ccc(Cl)cc3)cc2)cs1. The fourth-order valence-electron chi connectivity index (χ4n) is 2.22. The van der Waals surface area contributed by atoms with Gasteiger partial charge in [-0.15, -0.1) is 11.3 Å². The quantitative estimate of drug-likeness (QED) is 0.687. The number of amides is 1. The molecule has 0 aliphatic carbocycles. The molecule has 0 atom stereocenters. The van der Waals surface area contributed by atoms with E-state index in [2.05, 4.69) is 10.3 Å². The minimum Gasteiger partial charge on any atom is -0.487 e. The second-order valence-electron chi connectivity index (χ2n) is 5.48. The number of hydrogen-bond acceptors (Lipinski definition) is 4. The number of benzene rings is 2. The molecule has 0 radical (unpaired) electrons. The van der Waals surface area contributed by atoms with Crippen molar-refractivity contribution in [3.63, 3.8) is 0 Å². The zero-order valence-corrected chi connectivity index (χ0v) is 15.2. The average molecular weight is 373 g/mol. The van der Waals surface area contributed by atoms with Gasteiger partial charge in [-0.05, 0) is 48.9 Å². The summed E-state index contributed by atoms with van der Waals surface area (Å²) < 4.78 is 5.68. The van der Waals surface area contributed by atoms with Gasteiger partial charge >= 0.3 is 0 Å². The van der Waals surface area contributed by atoms with Crippen LogP contribution in [0.4, 0.5) is 0 Å². The maximum Gasteiger partial charge on any atom is 0.251 e. The van der Waals surface area contributed by atoms with Crippen molar-refractivity contribution in [1.82, 2.24) is 10.3 Å². The maximum atomic E-state index is 12.2. The van der Waals surface area contributed by atoms with Crippen LogP contribution in [-0.4, -0.2) is 10.9 Å². The Morgan fingerprint density at radius 2 is 1.88 bits per heavy atom. The monoisotopic (exact) mass is 372 g/mol. The van der Waals surface area contributed by atoms with Gasteiger partial charge in [-0.1, -0.05) is 23.7 Å². The van der Waals surface area contributed by atoms with Crippen LogP contribution in [0.2, 0.25) is 5.02 Å². The molecule has 6 heteroatoms. The van der Waals surface area contributed by atoms with Gasteiger partial charge in [0, 0.05) is 22.5 Å². The van der Waals surface area contributed by atoms with E-state index in [9.17, 15) is 4.79 Å². The van der Waals surface area contributed by atoms with E-state index in [-0.39, 0.29) is 5.91 Å². The Bertz CT molecular complexity index is 845. The first-order chi connectivity index (χ1) is 12.1. The summed E-state index contributed by atoms with van der Waals surface area (Å²) in [5.41, 5.74) is 2.49. The molecule has 1 aromatic heterocycles. The molecule has 0 spiro atoms. The number of thiazole rings is 1. The molecule has 1 amide bonds. The van der Waals surface area contributed by atoms with Gasteiger partial charge in [-0.3, -0.25) is 4.79 Å². The second-order valence-corrected chi connectivity index (χ2v) is 6.98. The molecule has 0 bridgehead atoms. The van der Waals surface area contributed by atoms with Gasteiger partial charge in [0.2, 0.25) is 0 Å². The molecule has 0 aliphatic rings. The van der Waals surface area contributed by atoms with Crippen molar-refractivity contribution in [2.75, 3.05) is 0 Å². The number of hydrogen-bond donors (Lipinski definition) is 1. The highest BCUT2D eigenvalue weighted by Crippen LogP contribution is 2.16. The van der Waals surface area contributed by atoms with Gasteiger partial charge < -0.3 is 10.1 Å². The molecule has 0 unspecified atom stereocenters. The minimum atomic E-state index is -0.128. The third kappa shape index (κ3) is 5.05. The first-order valence-electron chi connectivity index (χ1n) is 7.77. The predicted molar refractivity (Wildman–Crippen MR) is 100 cm³/mol. The molecule has 3 rings (SSSR count). The number of carbonyl (C=O) groups is 1. The van der Waals surface area contributed by atoms with Gasteiger partial charge in [0.05, 0.1) is 10.7 Å². The van der Waals surface area contributed by atoms with E-state index in [1.165, 1.54) is 0 Å². The van der Waals surface area contributed by atoms with Crippen molar-refractivity contribution in [3.05, 3.63) is 80.8 Å². The molecule has 4 nitrogen and oxygen atoms in total. The van der Waals surface area contributed by atoms with Crippen LogP contribution in [0.5, 0.6) is 5.75 Å². The van der Waals surface area contributed by atoms with E-state index in [1.54, 1.807) is 47.7 Å². The van der Waals surface area contributed by atoms with Crippen LogP contribution in [0.25, 0.3) is 0 Å². The molecule has 0 saturated carbocycles. The topological polar surface area (TPSA) is 51.2 Å². The first kappa shape index (κ1) is 17.5. The Labute approximate surface area is 155 Å². The fraction of sp³-hybridized carbons (Fsp3) is 0.158. The number of aromatic nitrogens is 1. The van der Waals surface area contributed by atoms with Crippen LogP contribution in [-0.2, 0) is 13.2 Å². The smallest absolute Gasteiger partial charge is 0.251 e. The van der Waals surface area contributed by atoms with Gasteiger partial charge in [0.15, 0.2) is 0 Å². The van der Waals surface area contributed by atoms with Crippen molar-refractivity contribution in [2.45, 2.75) is 20.1 Å². The Balaban J connectivity index is 1.52. The largest absolute Gasteiger partial charge is 0.487 e. The van der Waals surface area contributed by atoms with Crippen molar-refractivity contribution in [1.29, 1.82) is 0 Å². The van der Waals surface area contributed by atoms with Crippen LogP contribution in [0, 0.1) is 6.92 Å². The highest BCUT2D eigenvalue weighted by Gasteiger charge is 2.06. The Kier molecular flexibility index (Phi) is 5.68. The molecule has 1 heterocycles. The van der Waals surface area contributed by atoms with Crippen LogP contribution in [0.15, 0.2) is 53.9 Å². The highest BCUT2D eigenvalue weighted by atomic mass is 35.5. The highest BCUT2D eigenvalue weighted by molar-refractivity contribution is 7.09. The third-order valence-corrected chi connectivity index (χ3v) is 4.61. The first-order valence-corrected chi connectivity index (χ1v) is 9.02. The third-order valence-electron chi connectivity index (χ3n) is 3.54. The van der Waals surface area contributed by atoms with Crippen molar-refractivity contribution < 1.29 is 9.53 Å². The van der Waals surface area contributed by atoms with E-state index in [1.807, 2.05) is 24.4 Å². The summed E-state index contributed by atoms with van der Waals surface area (Å²) in [5, 5.41) is 6.56. The number of nitrogens with one attached hydrogen (secondary N) is 1. The van der Waals surface area contributed by atoms with Crippen molar-refractivity contribution >= 4 is 28.8 Å². The predicted octanol–water partition coefficient (Wildman–Crippen LogP) is 4.61. The summed E-state index contributed by atoms with van der Waals surface area (Å²) in [7, 11) is 0. The number of carbonyl (C=O) groups excluding carboxylic acids is 1.